The van der Waals surface area contributed by atoms with Crippen molar-refractivity contribution in [1.82, 2.24) is 9.97 Å². The van der Waals surface area contributed by atoms with Gasteiger partial charge in [-0.2, -0.15) is 0 Å². The second kappa shape index (κ2) is 7.44. The Kier molecular flexibility index (Phi) is 4.83. The van der Waals surface area contributed by atoms with Crippen LogP contribution in [-0.4, -0.2) is 27.9 Å². The third kappa shape index (κ3) is 3.36. The van der Waals surface area contributed by atoms with E-state index in [1.54, 1.807) is 30.5 Å². The Balaban J connectivity index is 1.63. The van der Waals surface area contributed by atoms with Gasteiger partial charge in [0, 0.05) is 16.0 Å². The van der Waals surface area contributed by atoms with Crippen LogP contribution in [0.3, 0.4) is 0 Å². The van der Waals surface area contributed by atoms with Gasteiger partial charge in [0.2, 0.25) is 0 Å². The lowest BCUT2D eigenvalue weighted by Crippen LogP contribution is -2.38. The maximum absolute atomic E-state index is 13.3. The van der Waals surface area contributed by atoms with Crippen molar-refractivity contribution >= 4 is 35.0 Å². The summed E-state index contributed by atoms with van der Waals surface area (Å²) < 4.78 is 5.41. The minimum atomic E-state index is -0.980. The van der Waals surface area contributed by atoms with E-state index in [0.29, 0.717) is 5.82 Å². The fraction of sp³-hybridized carbons (Fsp3) is 0.143. The number of carbonyl (C=O) groups is 2. The fourth-order valence-electron chi connectivity index (χ4n) is 2.97. The zero-order valence-electron chi connectivity index (χ0n) is 15.3. The number of rotatable bonds is 3. The van der Waals surface area contributed by atoms with Gasteiger partial charge in [0.1, 0.15) is 5.82 Å². The lowest BCUT2D eigenvalue weighted by Gasteiger charge is -2.32. The summed E-state index contributed by atoms with van der Waals surface area (Å²) in [6, 6.07) is 16.8. The summed E-state index contributed by atoms with van der Waals surface area (Å²) in [4.78, 5) is 37.2. The van der Waals surface area contributed by atoms with E-state index in [0.717, 1.165) is 21.2 Å². The van der Waals surface area contributed by atoms with E-state index in [1.807, 2.05) is 48.5 Å². The van der Waals surface area contributed by atoms with Crippen molar-refractivity contribution in [3.63, 3.8) is 0 Å². The number of benzene rings is 2. The van der Waals surface area contributed by atoms with Crippen LogP contribution in [0.4, 0.5) is 11.4 Å². The number of esters is 1. The number of fused-ring (bicyclic) bond motifs is 2. The monoisotopic (exact) mass is 391 g/mol. The summed E-state index contributed by atoms with van der Waals surface area (Å²) >= 11 is 1.61. The molecule has 1 amide bonds. The second-order valence-electron chi connectivity index (χ2n) is 6.25. The van der Waals surface area contributed by atoms with Crippen LogP contribution in [-0.2, 0) is 9.53 Å². The molecule has 140 valence electrons. The Bertz CT molecular complexity index is 1020. The Morgan fingerprint density at radius 1 is 1.00 bits per heavy atom. The molecule has 1 atom stereocenters. The number of ether oxygens (including phenoxy) is 1. The first-order chi connectivity index (χ1) is 13.5. The maximum atomic E-state index is 13.3. The summed E-state index contributed by atoms with van der Waals surface area (Å²) in [5, 5.41) is 0. The first kappa shape index (κ1) is 18.2. The van der Waals surface area contributed by atoms with Gasteiger partial charge in [-0.1, -0.05) is 36.0 Å². The predicted octanol–water partition coefficient (Wildman–Crippen LogP) is 4.16. The van der Waals surface area contributed by atoms with E-state index in [1.165, 1.54) is 12.3 Å². The number of hydrogen-bond donors (Lipinski definition) is 0. The van der Waals surface area contributed by atoms with Gasteiger partial charge in [-0.25, -0.2) is 14.8 Å². The van der Waals surface area contributed by atoms with Crippen LogP contribution >= 0.6 is 11.8 Å². The molecule has 0 radical (unpaired) electrons. The molecule has 0 spiro atoms. The number of hydrogen-bond acceptors (Lipinski definition) is 6. The van der Waals surface area contributed by atoms with Crippen LogP contribution < -0.4 is 4.90 Å². The Morgan fingerprint density at radius 3 is 2.21 bits per heavy atom. The van der Waals surface area contributed by atoms with Crippen LogP contribution in [0.25, 0.3) is 0 Å². The Labute approximate surface area is 166 Å². The minimum absolute atomic E-state index is 0.127. The zero-order chi connectivity index (χ0) is 19.7. The molecule has 2 heterocycles. The molecular formula is C21H17N3O3S. The predicted molar refractivity (Wildman–Crippen MR) is 106 cm³/mol. The highest BCUT2D eigenvalue weighted by atomic mass is 32.2. The van der Waals surface area contributed by atoms with E-state index in [2.05, 4.69) is 9.97 Å². The molecular weight excluding hydrogens is 374 g/mol. The van der Waals surface area contributed by atoms with Crippen molar-refractivity contribution in [1.29, 1.82) is 0 Å². The van der Waals surface area contributed by atoms with E-state index in [4.69, 9.17) is 4.74 Å². The van der Waals surface area contributed by atoms with Gasteiger partial charge in [-0.05, 0) is 44.2 Å². The van der Waals surface area contributed by atoms with Gasteiger partial charge >= 0.3 is 5.97 Å². The van der Waals surface area contributed by atoms with Crippen molar-refractivity contribution in [3.05, 3.63) is 72.3 Å². The first-order valence-corrected chi connectivity index (χ1v) is 9.57. The molecule has 1 aromatic heterocycles. The smallest absolute Gasteiger partial charge is 0.357 e. The average molecular weight is 391 g/mol. The molecule has 4 rings (SSSR count). The highest BCUT2D eigenvalue weighted by Crippen LogP contribution is 2.48. The Hall–Kier alpha value is -3.19. The second-order valence-corrected chi connectivity index (χ2v) is 7.33. The molecule has 7 heteroatoms. The van der Waals surface area contributed by atoms with Gasteiger partial charge in [0.15, 0.2) is 11.8 Å². The highest BCUT2D eigenvalue weighted by molar-refractivity contribution is 7.99. The van der Waals surface area contributed by atoms with Gasteiger partial charge in [-0.15, -0.1) is 0 Å². The molecule has 0 saturated carbocycles. The number of aryl methyl sites for hydroxylation is 1. The van der Waals surface area contributed by atoms with Crippen molar-refractivity contribution < 1.29 is 14.3 Å². The molecule has 28 heavy (non-hydrogen) atoms. The summed E-state index contributed by atoms with van der Waals surface area (Å²) in [5.74, 6) is -0.511. The SMILES string of the molecule is Cc1nccc(C(=O)OC(C)C(=O)N2c3ccccc3Sc3ccccc32)n1. The summed E-state index contributed by atoms with van der Waals surface area (Å²) in [6.07, 6.45) is 0.506. The average Bonchev–Trinajstić information content (AvgIpc) is 2.71. The number of amides is 1. The lowest BCUT2D eigenvalue weighted by molar-refractivity contribution is -0.125. The van der Waals surface area contributed by atoms with Crippen molar-refractivity contribution in [3.8, 4) is 0 Å². The number of para-hydroxylation sites is 2. The van der Waals surface area contributed by atoms with Crippen molar-refractivity contribution in [2.75, 3.05) is 4.90 Å². The molecule has 0 aliphatic carbocycles. The number of anilines is 2. The van der Waals surface area contributed by atoms with E-state index in [-0.39, 0.29) is 11.6 Å². The fourth-order valence-corrected chi connectivity index (χ4v) is 4.02. The maximum Gasteiger partial charge on any atom is 0.357 e. The molecule has 1 aliphatic rings. The third-order valence-corrected chi connectivity index (χ3v) is 5.40. The van der Waals surface area contributed by atoms with Crippen molar-refractivity contribution in [2.45, 2.75) is 29.7 Å². The molecule has 6 nitrogen and oxygen atoms in total. The van der Waals surface area contributed by atoms with Crippen LogP contribution in [0, 0.1) is 6.92 Å². The van der Waals surface area contributed by atoms with Gasteiger partial charge in [0.05, 0.1) is 11.4 Å². The summed E-state index contributed by atoms with van der Waals surface area (Å²) in [7, 11) is 0. The van der Waals surface area contributed by atoms with Crippen LogP contribution in [0.2, 0.25) is 0 Å². The molecule has 0 bridgehead atoms. The highest BCUT2D eigenvalue weighted by Gasteiger charge is 2.32. The lowest BCUT2D eigenvalue weighted by atomic mass is 10.2. The van der Waals surface area contributed by atoms with Gasteiger partial charge < -0.3 is 4.74 Å². The first-order valence-electron chi connectivity index (χ1n) is 8.75. The van der Waals surface area contributed by atoms with Crippen LogP contribution in [0.5, 0.6) is 0 Å². The quantitative estimate of drug-likeness (QED) is 0.624. The number of nitrogens with zero attached hydrogens (tertiary/aromatic N) is 3. The molecule has 0 N–H and O–H groups in total. The topological polar surface area (TPSA) is 72.4 Å². The normalized spacial score (nSPS) is 13.3. The Morgan fingerprint density at radius 2 is 1.61 bits per heavy atom. The van der Waals surface area contributed by atoms with E-state index < -0.39 is 12.1 Å². The number of aromatic nitrogens is 2. The molecule has 3 aromatic rings. The number of carbonyl (C=O) groups excluding carboxylic acids is 2. The molecule has 0 saturated heterocycles. The van der Waals surface area contributed by atoms with Gasteiger partial charge in [0.25, 0.3) is 5.91 Å². The van der Waals surface area contributed by atoms with Crippen LogP contribution in [0.15, 0.2) is 70.6 Å². The molecule has 1 unspecified atom stereocenters. The van der Waals surface area contributed by atoms with Gasteiger partial charge in [-0.3, -0.25) is 9.69 Å². The minimum Gasteiger partial charge on any atom is -0.448 e. The molecule has 0 fully saturated rings. The largest absolute Gasteiger partial charge is 0.448 e. The molecule has 2 aromatic carbocycles. The molecule has 1 aliphatic heterocycles. The van der Waals surface area contributed by atoms with Crippen molar-refractivity contribution in [2.24, 2.45) is 0 Å². The standard InChI is InChI=1S/C21H17N3O3S/c1-13(27-21(26)15-11-12-22-14(2)23-15)20(25)24-16-7-3-5-9-18(16)28-19-10-6-4-8-17(19)24/h3-13H,1-2H3. The van der Waals surface area contributed by atoms with Crippen LogP contribution in [0.1, 0.15) is 23.2 Å². The van der Waals surface area contributed by atoms with E-state index >= 15 is 0 Å². The zero-order valence-corrected chi connectivity index (χ0v) is 16.1. The third-order valence-electron chi connectivity index (χ3n) is 4.27. The summed E-state index contributed by atoms with van der Waals surface area (Å²) in [6.45, 7) is 3.26. The summed E-state index contributed by atoms with van der Waals surface area (Å²) in [5.41, 5.74) is 1.68. The van der Waals surface area contributed by atoms with E-state index in [9.17, 15) is 9.59 Å².